The van der Waals surface area contributed by atoms with Gasteiger partial charge in [0, 0.05) is 11.6 Å². The van der Waals surface area contributed by atoms with Gasteiger partial charge in [0.05, 0.1) is 6.54 Å². The summed E-state index contributed by atoms with van der Waals surface area (Å²) < 4.78 is 0. The fourth-order valence-corrected chi connectivity index (χ4v) is 2.85. The van der Waals surface area contributed by atoms with Crippen molar-refractivity contribution in [3.05, 3.63) is 0 Å². The predicted molar refractivity (Wildman–Crippen MR) is 76.8 cm³/mol. The maximum Gasteiger partial charge on any atom is 0.188 e. The minimum atomic E-state index is 0.229. The smallest absolute Gasteiger partial charge is 0.188 e. The van der Waals surface area contributed by atoms with Crippen molar-refractivity contribution in [2.45, 2.75) is 62.9 Å². The van der Waals surface area contributed by atoms with Crippen LogP contribution in [0.3, 0.4) is 0 Å². The van der Waals surface area contributed by atoms with Crippen LogP contribution in [0.4, 0.5) is 0 Å². The lowest BCUT2D eigenvalue weighted by molar-refractivity contribution is 0.138. The molecule has 2 saturated carbocycles. The average molecular weight is 252 g/mol. The third-order valence-electron chi connectivity index (χ3n) is 4.46. The molecule has 104 valence electrons. The molecule has 4 heteroatoms. The Kier molecular flexibility index (Phi) is 4.49. The van der Waals surface area contributed by atoms with Gasteiger partial charge in [0.15, 0.2) is 5.96 Å². The van der Waals surface area contributed by atoms with Crippen LogP contribution < -0.4 is 11.1 Å². The fraction of sp³-hybridized carbons (Fsp3) is 0.929. The number of hydrogen-bond acceptors (Lipinski definition) is 2. The van der Waals surface area contributed by atoms with Crippen LogP contribution in [0.15, 0.2) is 4.99 Å². The van der Waals surface area contributed by atoms with E-state index < -0.39 is 0 Å². The van der Waals surface area contributed by atoms with E-state index in [1.807, 2.05) is 0 Å². The van der Waals surface area contributed by atoms with Crippen LogP contribution in [0.5, 0.6) is 0 Å². The number of nitrogens with zero attached hydrogens (tertiary/aromatic N) is 2. The Bertz CT molecular complexity index is 286. The van der Waals surface area contributed by atoms with Gasteiger partial charge in [-0.05, 0) is 39.8 Å². The molecular weight excluding hydrogens is 224 g/mol. The zero-order valence-corrected chi connectivity index (χ0v) is 11.9. The minimum absolute atomic E-state index is 0.229. The van der Waals surface area contributed by atoms with Gasteiger partial charge in [0.2, 0.25) is 0 Å². The summed E-state index contributed by atoms with van der Waals surface area (Å²) in [5.74, 6) is 0.642. The van der Waals surface area contributed by atoms with Crippen molar-refractivity contribution in [3.63, 3.8) is 0 Å². The molecule has 0 saturated heterocycles. The van der Waals surface area contributed by atoms with E-state index in [1.165, 1.54) is 51.4 Å². The second-order valence-corrected chi connectivity index (χ2v) is 6.15. The van der Waals surface area contributed by atoms with Crippen molar-refractivity contribution in [3.8, 4) is 0 Å². The highest BCUT2D eigenvalue weighted by atomic mass is 15.2. The second-order valence-electron chi connectivity index (χ2n) is 6.15. The first kappa shape index (κ1) is 13.7. The zero-order chi connectivity index (χ0) is 13.0. The SMILES string of the molecule is CN(C)C1(CN=C(N)NC2CC2)CCCCCC1. The summed E-state index contributed by atoms with van der Waals surface area (Å²) in [6, 6.07) is 0.596. The number of nitrogens with one attached hydrogen (secondary N) is 1. The Morgan fingerprint density at radius 3 is 2.33 bits per heavy atom. The van der Waals surface area contributed by atoms with Crippen LogP contribution >= 0.6 is 0 Å². The van der Waals surface area contributed by atoms with E-state index in [1.54, 1.807) is 0 Å². The van der Waals surface area contributed by atoms with Gasteiger partial charge < -0.3 is 16.0 Å². The van der Waals surface area contributed by atoms with Gasteiger partial charge in [0.1, 0.15) is 0 Å². The van der Waals surface area contributed by atoms with Crippen LogP contribution in [0.25, 0.3) is 0 Å². The number of guanidine groups is 1. The lowest BCUT2D eigenvalue weighted by atomic mass is 9.89. The maximum absolute atomic E-state index is 5.95. The molecule has 3 N–H and O–H groups in total. The van der Waals surface area contributed by atoms with E-state index in [9.17, 15) is 0 Å². The van der Waals surface area contributed by atoms with Crippen molar-refractivity contribution in [2.24, 2.45) is 10.7 Å². The molecule has 0 aromatic carbocycles. The number of nitrogens with two attached hydrogens (primary N) is 1. The monoisotopic (exact) mass is 252 g/mol. The summed E-state index contributed by atoms with van der Waals surface area (Å²) in [7, 11) is 4.37. The highest BCUT2D eigenvalue weighted by Crippen LogP contribution is 2.31. The Hall–Kier alpha value is -0.770. The zero-order valence-electron chi connectivity index (χ0n) is 11.9. The average Bonchev–Trinajstić information content (AvgIpc) is 3.13. The molecule has 0 aromatic heterocycles. The van der Waals surface area contributed by atoms with Gasteiger partial charge >= 0.3 is 0 Å². The van der Waals surface area contributed by atoms with Crippen molar-refractivity contribution in [1.29, 1.82) is 0 Å². The Balaban J connectivity index is 1.95. The van der Waals surface area contributed by atoms with Crippen molar-refractivity contribution < 1.29 is 0 Å². The first-order valence-corrected chi connectivity index (χ1v) is 7.36. The molecule has 0 radical (unpaired) electrons. The largest absolute Gasteiger partial charge is 0.370 e. The lowest BCUT2D eigenvalue weighted by Gasteiger charge is -2.38. The molecule has 2 aliphatic carbocycles. The third-order valence-corrected chi connectivity index (χ3v) is 4.46. The highest BCUT2D eigenvalue weighted by molar-refractivity contribution is 5.78. The third kappa shape index (κ3) is 3.61. The van der Waals surface area contributed by atoms with E-state index >= 15 is 0 Å². The topological polar surface area (TPSA) is 53.6 Å². The van der Waals surface area contributed by atoms with Gasteiger partial charge in [-0.15, -0.1) is 0 Å². The standard InChI is InChI=1S/C14H28N4/c1-18(2)14(9-5-3-4-6-10-14)11-16-13(15)17-12-7-8-12/h12H,3-11H2,1-2H3,(H3,15,16,17). The predicted octanol–water partition coefficient (Wildman–Crippen LogP) is 1.71. The summed E-state index contributed by atoms with van der Waals surface area (Å²) in [6.07, 6.45) is 10.4. The van der Waals surface area contributed by atoms with E-state index in [2.05, 4.69) is 29.3 Å². The molecule has 0 bridgehead atoms. The lowest BCUT2D eigenvalue weighted by Crippen LogP contribution is -2.47. The molecule has 2 aliphatic rings. The maximum atomic E-state index is 5.95. The second kappa shape index (κ2) is 5.91. The summed E-state index contributed by atoms with van der Waals surface area (Å²) in [6.45, 7) is 0.839. The normalized spacial score (nSPS) is 24.9. The van der Waals surface area contributed by atoms with Gasteiger partial charge in [0.25, 0.3) is 0 Å². The van der Waals surface area contributed by atoms with Crippen LogP contribution in [0, 0.1) is 0 Å². The van der Waals surface area contributed by atoms with E-state index in [-0.39, 0.29) is 5.54 Å². The van der Waals surface area contributed by atoms with Crippen molar-refractivity contribution in [1.82, 2.24) is 10.2 Å². The van der Waals surface area contributed by atoms with E-state index in [0.29, 0.717) is 12.0 Å². The summed E-state index contributed by atoms with van der Waals surface area (Å²) in [5.41, 5.74) is 6.18. The molecular formula is C14H28N4. The number of likely N-dealkylation sites (N-methyl/N-ethyl adjacent to an activating group) is 1. The molecule has 18 heavy (non-hydrogen) atoms. The fourth-order valence-electron chi connectivity index (χ4n) is 2.85. The summed E-state index contributed by atoms with van der Waals surface area (Å²) in [4.78, 5) is 6.97. The molecule has 0 aliphatic heterocycles. The molecule has 0 atom stereocenters. The number of aliphatic imine (C=N–C) groups is 1. The molecule has 0 spiro atoms. The van der Waals surface area contributed by atoms with Gasteiger partial charge in [-0.2, -0.15) is 0 Å². The Morgan fingerprint density at radius 2 is 1.83 bits per heavy atom. The highest BCUT2D eigenvalue weighted by Gasteiger charge is 2.33. The molecule has 2 rings (SSSR count). The molecule has 2 fully saturated rings. The van der Waals surface area contributed by atoms with Crippen LogP contribution in [-0.4, -0.2) is 43.1 Å². The van der Waals surface area contributed by atoms with Crippen LogP contribution in [0.2, 0.25) is 0 Å². The van der Waals surface area contributed by atoms with Crippen molar-refractivity contribution >= 4 is 5.96 Å². The first-order valence-electron chi connectivity index (χ1n) is 7.36. The van der Waals surface area contributed by atoms with Gasteiger partial charge in [-0.1, -0.05) is 25.7 Å². The minimum Gasteiger partial charge on any atom is -0.370 e. The van der Waals surface area contributed by atoms with E-state index in [4.69, 9.17) is 5.73 Å². The molecule has 4 nitrogen and oxygen atoms in total. The van der Waals surface area contributed by atoms with Crippen molar-refractivity contribution in [2.75, 3.05) is 20.6 Å². The Morgan fingerprint density at radius 1 is 1.22 bits per heavy atom. The molecule has 0 aromatic rings. The van der Waals surface area contributed by atoms with E-state index in [0.717, 1.165) is 6.54 Å². The van der Waals surface area contributed by atoms with Crippen LogP contribution in [-0.2, 0) is 0 Å². The molecule has 0 unspecified atom stereocenters. The Labute approximate surface area is 111 Å². The molecule has 0 heterocycles. The van der Waals surface area contributed by atoms with Gasteiger partial charge in [-0.3, -0.25) is 4.99 Å². The first-order chi connectivity index (χ1) is 8.62. The van der Waals surface area contributed by atoms with Gasteiger partial charge in [-0.25, -0.2) is 0 Å². The summed E-state index contributed by atoms with van der Waals surface area (Å²) in [5, 5.41) is 3.27. The molecule has 0 amide bonds. The quantitative estimate of drug-likeness (QED) is 0.455. The number of hydrogen-bond donors (Lipinski definition) is 2. The van der Waals surface area contributed by atoms with Crippen LogP contribution in [0.1, 0.15) is 51.4 Å². The summed E-state index contributed by atoms with van der Waals surface area (Å²) >= 11 is 0. The number of rotatable bonds is 4.